The Balaban J connectivity index is 2.00. The van der Waals surface area contributed by atoms with Gasteiger partial charge in [-0.3, -0.25) is 0 Å². The van der Waals surface area contributed by atoms with Crippen molar-refractivity contribution in [2.75, 3.05) is 5.73 Å². The molecule has 2 N–H and O–H groups in total. The van der Waals surface area contributed by atoms with E-state index in [9.17, 15) is 0 Å². The highest BCUT2D eigenvalue weighted by molar-refractivity contribution is 5.61. The van der Waals surface area contributed by atoms with Crippen LogP contribution in [0.3, 0.4) is 0 Å². The average Bonchev–Trinajstić information content (AvgIpc) is 2.89. The molecule has 0 radical (unpaired) electrons. The maximum atomic E-state index is 5.62. The maximum Gasteiger partial charge on any atom is 0.252 e. The highest BCUT2D eigenvalue weighted by Gasteiger charge is 2.04. The van der Waals surface area contributed by atoms with E-state index in [2.05, 4.69) is 15.1 Å². The van der Waals surface area contributed by atoms with Gasteiger partial charge in [0.15, 0.2) is 0 Å². The van der Waals surface area contributed by atoms with Crippen molar-refractivity contribution in [3.8, 4) is 17.1 Å². The molecular formula is C13H11N5. The summed E-state index contributed by atoms with van der Waals surface area (Å²) in [6, 6.07) is 11.7. The van der Waals surface area contributed by atoms with Crippen molar-refractivity contribution >= 4 is 5.82 Å². The summed E-state index contributed by atoms with van der Waals surface area (Å²) in [5.74, 6) is 0.897. The summed E-state index contributed by atoms with van der Waals surface area (Å²) in [5, 5.41) is 4.24. The van der Waals surface area contributed by atoms with Gasteiger partial charge in [-0.05, 0) is 11.6 Å². The Morgan fingerprint density at radius 1 is 1.00 bits per heavy atom. The predicted molar refractivity (Wildman–Crippen MR) is 69.0 cm³/mol. The molecule has 0 saturated carbocycles. The van der Waals surface area contributed by atoms with Crippen LogP contribution in [-0.2, 0) is 0 Å². The first-order valence-corrected chi connectivity index (χ1v) is 5.52. The fraction of sp³-hybridized carbons (Fsp3) is 0. The molecule has 0 bridgehead atoms. The van der Waals surface area contributed by atoms with Crippen LogP contribution in [-0.4, -0.2) is 19.7 Å². The van der Waals surface area contributed by atoms with Crippen LogP contribution in [0.5, 0.6) is 0 Å². The number of nitrogens with two attached hydrogens (primary N) is 1. The van der Waals surface area contributed by atoms with Crippen LogP contribution in [0.1, 0.15) is 0 Å². The lowest BCUT2D eigenvalue weighted by Crippen LogP contribution is -2.03. The predicted octanol–water partition coefficient (Wildman–Crippen LogP) is 1.91. The highest BCUT2D eigenvalue weighted by Crippen LogP contribution is 2.18. The van der Waals surface area contributed by atoms with E-state index < -0.39 is 0 Å². The minimum absolute atomic E-state index is 0.428. The van der Waals surface area contributed by atoms with E-state index >= 15 is 0 Å². The zero-order valence-electron chi connectivity index (χ0n) is 9.56. The summed E-state index contributed by atoms with van der Waals surface area (Å²) in [7, 11) is 0. The van der Waals surface area contributed by atoms with Gasteiger partial charge in [0.05, 0.1) is 6.20 Å². The summed E-state index contributed by atoms with van der Waals surface area (Å²) >= 11 is 0. The lowest BCUT2D eigenvalue weighted by molar-refractivity contribution is 0.810. The van der Waals surface area contributed by atoms with E-state index in [0.29, 0.717) is 11.8 Å². The fourth-order valence-electron chi connectivity index (χ4n) is 1.68. The summed E-state index contributed by atoms with van der Waals surface area (Å²) in [6.07, 6.45) is 5.27. The van der Waals surface area contributed by atoms with Crippen molar-refractivity contribution in [2.24, 2.45) is 0 Å². The van der Waals surface area contributed by atoms with Crippen molar-refractivity contribution in [1.82, 2.24) is 19.7 Å². The zero-order valence-corrected chi connectivity index (χ0v) is 9.56. The minimum Gasteiger partial charge on any atom is -0.384 e. The van der Waals surface area contributed by atoms with Crippen LogP contribution < -0.4 is 5.73 Å². The van der Waals surface area contributed by atoms with Crippen LogP contribution in [0.2, 0.25) is 0 Å². The van der Waals surface area contributed by atoms with E-state index in [1.165, 1.54) is 0 Å². The molecule has 18 heavy (non-hydrogen) atoms. The monoisotopic (exact) mass is 237 g/mol. The summed E-state index contributed by atoms with van der Waals surface area (Å²) in [5.41, 5.74) is 7.74. The lowest BCUT2D eigenvalue weighted by Gasteiger charge is -1.99. The van der Waals surface area contributed by atoms with Gasteiger partial charge in [0.2, 0.25) is 0 Å². The van der Waals surface area contributed by atoms with Crippen LogP contribution in [0, 0.1) is 0 Å². The number of nitrogens with zero attached hydrogens (tertiary/aromatic N) is 4. The molecule has 5 nitrogen and oxygen atoms in total. The molecule has 0 aliphatic rings. The van der Waals surface area contributed by atoms with Gasteiger partial charge in [-0.2, -0.15) is 10.1 Å². The van der Waals surface area contributed by atoms with Gasteiger partial charge < -0.3 is 5.73 Å². The molecular weight excluding hydrogens is 226 g/mol. The van der Waals surface area contributed by atoms with E-state index in [1.54, 1.807) is 23.1 Å². The topological polar surface area (TPSA) is 69.6 Å². The number of aromatic nitrogens is 4. The number of rotatable bonds is 2. The molecule has 0 aliphatic heterocycles. The zero-order chi connectivity index (χ0) is 12.4. The van der Waals surface area contributed by atoms with Gasteiger partial charge in [-0.15, -0.1) is 0 Å². The van der Waals surface area contributed by atoms with Crippen LogP contribution in [0.25, 0.3) is 17.1 Å². The van der Waals surface area contributed by atoms with E-state index in [0.717, 1.165) is 11.1 Å². The molecule has 0 saturated heterocycles. The SMILES string of the molecule is Nc1ccnc(-n2cc(-c3ccccc3)cn2)n1. The maximum absolute atomic E-state index is 5.62. The van der Waals surface area contributed by atoms with Crippen molar-refractivity contribution in [2.45, 2.75) is 0 Å². The van der Waals surface area contributed by atoms with E-state index in [4.69, 9.17) is 5.73 Å². The van der Waals surface area contributed by atoms with Crippen LogP contribution in [0.15, 0.2) is 55.0 Å². The second-order valence-corrected chi connectivity index (χ2v) is 3.82. The fourth-order valence-corrected chi connectivity index (χ4v) is 1.68. The molecule has 0 amide bonds. The first-order chi connectivity index (χ1) is 8.83. The first kappa shape index (κ1) is 10.5. The van der Waals surface area contributed by atoms with E-state index in [-0.39, 0.29) is 0 Å². The molecule has 2 heterocycles. The summed E-state index contributed by atoms with van der Waals surface area (Å²) < 4.78 is 1.61. The third-order valence-corrected chi connectivity index (χ3v) is 2.56. The molecule has 2 aromatic heterocycles. The molecule has 0 atom stereocenters. The molecule has 0 aliphatic carbocycles. The van der Waals surface area contributed by atoms with Crippen molar-refractivity contribution in [1.29, 1.82) is 0 Å². The van der Waals surface area contributed by atoms with Crippen molar-refractivity contribution in [3.63, 3.8) is 0 Å². The standard InChI is InChI=1S/C13H11N5/c14-12-6-7-15-13(17-12)18-9-11(8-16-18)10-4-2-1-3-5-10/h1-9H,(H2,14,15,17). The van der Waals surface area contributed by atoms with Crippen LogP contribution >= 0.6 is 0 Å². The van der Waals surface area contributed by atoms with Gasteiger partial charge >= 0.3 is 0 Å². The van der Waals surface area contributed by atoms with Crippen molar-refractivity contribution in [3.05, 3.63) is 55.0 Å². The molecule has 0 unspecified atom stereocenters. The lowest BCUT2D eigenvalue weighted by atomic mass is 10.1. The molecule has 0 fully saturated rings. The largest absolute Gasteiger partial charge is 0.384 e. The smallest absolute Gasteiger partial charge is 0.252 e. The molecule has 0 spiro atoms. The number of benzene rings is 1. The number of anilines is 1. The second kappa shape index (κ2) is 4.29. The highest BCUT2D eigenvalue weighted by atomic mass is 15.3. The molecule has 3 rings (SSSR count). The Morgan fingerprint density at radius 2 is 1.83 bits per heavy atom. The van der Waals surface area contributed by atoms with Crippen LogP contribution in [0.4, 0.5) is 5.82 Å². The number of hydrogen-bond donors (Lipinski definition) is 1. The van der Waals surface area contributed by atoms with Gasteiger partial charge in [0.1, 0.15) is 5.82 Å². The Hall–Kier alpha value is -2.69. The first-order valence-electron chi connectivity index (χ1n) is 5.52. The Bertz CT molecular complexity index is 660. The summed E-state index contributed by atoms with van der Waals surface area (Å²) in [4.78, 5) is 8.24. The van der Waals surface area contributed by atoms with Gasteiger partial charge in [0, 0.05) is 18.0 Å². The molecule has 1 aromatic carbocycles. The van der Waals surface area contributed by atoms with Gasteiger partial charge in [-0.1, -0.05) is 30.3 Å². The number of hydrogen-bond acceptors (Lipinski definition) is 4. The third-order valence-electron chi connectivity index (χ3n) is 2.56. The van der Waals surface area contributed by atoms with Crippen molar-refractivity contribution < 1.29 is 0 Å². The summed E-state index contributed by atoms with van der Waals surface area (Å²) in [6.45, 7) is 0. The quantitative estimate of drug-likeness (QED) is 0.739. The van der Waals surface area contributed by atoms with Gasteiger partial charge in [0.25, 0.3) is 5.95 Å². The normalized spacial score (nSPS) is 10.4. The average molecular weight is 237 g/mol. The second-order valence-electron chi connectivity index (χ2n) is 3.82. The van der Waals surface area contributed by atoms with Gasteiger partial charge in [-0.25, -0.2) is 9.67 Å². The molecule has 3 aromatic rings. The van der Waals surface area contributed by atoms with E-state index in [1.807, 2.05) is 36.5 Å². The molecule has 88 valence electrons. The Morgan fingerprint density at radius 3 is 2.61 bits per heavy atom. The molecule has 5 heteroatoms. The third kappa shape index (κ3) is 1.93. The minimum atomic E-state index is 0.428. The number of nitrogen functional groups attached to an aromatic ring is 1. The Kier molecular flexibility index (Phi) is 2.49. The Labute approximate surface area is 104 Å².